The quantitative estimate of drug-likeness (QED) is 0.896. The lowest BCUT2D eigenvalue weighted by atomic mass is 9.94. The third-order valence-electron chi connectivity index (χ3n) is 3.54. The smallest absolute Gasteiger partial charge is 0.344 e. The molecule has 24 heavy (non-hydrogen) atoms. The van der Waals surface area contributed by atoms with E-state index in [-0.39, 0.29) is 11.6 Å². The van der Waals surface area contributed by atoms with Crippen molar-refractivity contribution in [1.82, 2.24) is 10.3 Å². The largest absolute Gasteiger partial charge is 0.416 e. The molecular weight excluding hydrogens is 321 g/mol. The molecule has 0 aliphatic rings. The van der Waals surface area contributed by atoms with Crippen LogP contribution in [0.1, 0.15) is 41.5 Å². The number of halogens is 3. The molecule has 7 heteroatoms. The third-order valence-corrected chi connectivity index (χ3v) is 3.54. The number of rotatable bonds is 4. The third kappa shape index (κ3) is 4.24. The summed E-state index contributed by atoms with van der Waals surface area (Å²) in [5.74, 6) is -0.698. The van der Waals surface area contributed by atoms with Crippen molar-refractivity contribution in [3.05, 3.63) is 69.6 Å². The van der Waals surface area contributed by atoms with E-state index in [4.69, 9.17) is 0 Å². The van der Waals surface area contributed by atoms with Gasteiger partial charge in [0.05, 0.1) is 11.6 Å². The molecule has 1 aromatic heterocycles. The summed E-state index contributed by atoms with van der Waals surface area (Å²) in [5.41, 5.74) is -0.789. The second kappa shape index (κ2) is 6.90. The zero-order chi connectivity index (χ0) is 17.9. The van der Waals surface area contributed by atoms with E-state index >= 15 is 0 Å². The van der Waals surface area contributed by atoms with E-state index in [9.17, 15) is 22.8 Å². The number of H-pyrrole nitrogens is 1. The second-order valence-corrected chi connectivity index (χ2v) is 5.75. The van der Waals surface area contributed by atoms with Gasteiger partial charge in [0, 0.05) is 6.07 Å². The van der Waals surface area contributed by atoms with Crippen molar-refractivity contribution in [3.63, 3.8) is 0 Å². The highest BCUT2D eigenvalue weighted by Crippen LogP contribution is 2.32. The molecule has 0 radical (unpaired) electrons. The first-order valence-electron chi connectivity index (χ1n) is 7.36. The Labute approximate surface area is 136 Å². The van der Waals surface area contributed by atoms with Crippen molar-refractivity contribution >= 4 is 5.91 Å². The second-order valence-electron chi connectivity index (χ2n) is 5.75. The zero-order valence-corrected chi connectivity index (χ0v) is 13.1. The van der Waals surface area contributed by atoms with Gasteiger partial charge < -0.3 is 10.3 Å². The molecule has 4 nitrogen and oxygen atoms in total. The molecule has 0 aliphatic carbocycles. The van der Waals surface area contributed by atoms with Gasteiger partial charge in [-0.3, -0.25) is 9.59 Å². The van der Waals surface area contributed by atoms with Crippen LogP contribution in [0.25, 0.3) is 0 Å². The highest BCUT2D eigenvalue weighted by molar-refractivity contribution is 5.92. The van der Waals surface area contributed by atoms with E-state index in [0.717, 1.165) is 12.1 Å². The fourth-order valence-electron chi connectivity index (χ4n) is 2.34. The van der Waals surface area contributed by atoms with Crippen molar-refractivity contribution in [3.8, 4) is 0 Å². The summed E-state index contributed by atoms with van der Waals surface area (Å²) in [6.07, 6.45) is -4.45. The van der Waals surface area contributed by atoms with Crippen LogP contribution >= 0.6 is 0 Å². The Hall–Kier alpha value is -2.57. The van der Waals surface area contributed by atoms with E-state index in [1.807, 2.05) is 0 Å². The molecule has 1 atom stereocenters. The van der Waals surface area contributed by atoms with Crippen LogP contribution in [-0.2, 0) is 6.18 Å². The van der Waals surface area contributed by atoms with Crippen LogP contribution in [0.2, 0.25) is 0 Å². The first-order valence-corrected chi connectivity index (χ1v) is 7.36. The predicted octanol–water partition coefficient (Wildman–Crippen LogP) is 3.52. The van der Waals surface area contributed by atoms with Gasteiger partial charge in [-0.25, -0.2) is 0 Å². The summed E-state index contributed by atoms with van der Waals surface area (Å²) < 4.78 is 38.6. The Bertz CT molecular complexity index is 782. The van der Waals surface area contributed by atoms with Crippen molar-refractivity contribution < 1.29 is 18.0 Å². The van der Waals surface area contributed by atoms with Crippen LogP contribution in [0, 0.1) is 5.92 Å². The van der Waals surface area contributed by atoms with Gasteiger partial charge in [-0.05, 0) is 29.7 Å². The maximum absolute atomic E-state index is 12.9. The predicted molar refractivity (Wildman–Crippen MR) is 83.6 cm³/mol. The number of nitrogens with one attached hydrogen (secondary N) is 2. The number of aromatic nitrogens is 1. The first kappa shape index (κ1) is 17.8. The number of hydrogen-bond donors (Lipinski definition) is 2. The Morgan fingerprint density at radius 2 is 1.79 bits per heavy atom. The number of carbonyl (C=O) groups excluding carboxylic acids is 1. The van der Waals surface area contributed by atoms with Crippen molar-refractivity contribution in [2.45, 2.75) is 26.1 Å². The standard InChI is InChI=1S/C17H17F3N2O2/c1-10(2)15(11-5-3-6-12(9-11)17(18,19)20)22-16(24)13-7-4-8-14(23)21-13/h3-10,15H,1-2H3,(H,21,23)(H,22,24). The lowest BCUT2D eigenvalue weighted by molar-refractivity contribution is -0.137. The van der Waals surface area contributed by atoms with Gasteiger partial charge >= 0.3 is 6.18 Å². The summed E-state index contributed by atoms with van der Waals surface area (Å²) in [6, 6.07) is 8.36. The number of alkyl halides is 3. The Morgan fingerprint density at radius 1 is 1.12 bits per heavy atom. The van der Waals surface area contributed by atoms with Crippen LogP contribution in [0.5, 0.6) is 0 Å². The molecule has 1 aromatic carbocycles. The number of pyridine rings is 1. The highest BCUT2D eigenvalue weighted by Gasteiger charge is 2.31. The SMILES string of the molecule is CC(C)C(NC(=O)c1cccc(=O)[nH]1)c1cccc(C(F)(F)F)c1. The maximum Gasteiger partial charge on any atom is 0.416 e. The van der Waals surface area contributed by atoms with Gasteiger partial charge in [0.25, 0.3) is 5.91 Å². The zero-order valence-electron chi connectivity index (χ0n) is 13.1. The van der Waals surface area contributed by atoms with Crippen molar-refractivity contribution in [2.75, 3.05) is 0 Å². The minimum Gasteiger partial charge on any atom is -0.344 e. The number of aromatic amines is 1. The van der Waals surface area contributed by atoms with Crippen LogP contribution in [0.3, 0.4) is 0 Å². The first-order chi connectivity index (χ1) is 11.2. The Kier molecular flexibility index (Phi) is 5.11. The Balaban J connectivity index is 2.30. The van der Waals surface area contributed by atoms with Gasteiger partial charge in [0.1, 0.15) is 5.69 Å². The molecule has 0 aliphatic heterocycles. The van der Waals surface area contributed by atoms with Gasteiger partial charge in [0.2, 0.25) is 5.56 Å². The maximum atomic E-state index is 12.9. The lowest BCUT2D eigenvalue weighted by Gasteiger charge is -2.23. The molecular formula is C17H17F3N2O2. The molecule has 0 bridgehead atoms. The molecule has 2 rings (SSSR count). The fraction of sp³-hybridized carbons (Fsp3) is 0.294. The van der Waals surface area contributed by atoms with Gasteiger partial charge in [-0.1, -0.05) is 32.0 Å². The van der Waals surface area contributed by atoms with Crippen LogP contribution in [0.15, 0.2) is 47.3 Å². The average molecular weight is 338 g/mol. The molecule has 1 unspecified atom stereocenters. The number of amides is 1. The molecule has 1 amide bonds. The van der Waals surface area contributed by atoms with E-state index in [1.54, 1.807) is 13.8 Å². The summed E-state index contributed by atoms with van der Waals surface area (Å²) in [6.45, 7) is 3.58. The van der Waals surface area contributed by atoms with E-state index in [2.05, 4.69) is 10.3 Å². The molecule has 128 valence electrons. The number of carbonyl (C=O) groups is 1. The monoisotopic (exact) mass is 338 g/mol. The van der Waals surface area contributed by atoms with Crippen LogP contribution in [0.4, 0.5) is 13.2 Å². The molecule has 2 N–H and O–H groups in total. The van der Waals surface area contributed by atoms with Crippen molar-refractivity contribution in [2.24, 2.45) is 5.92 Å². The van der Waals surface area contributed by atoms with Crippen LogP contribution < -0.4 is 10.9 Å². The summed E-state index contributed by atoms with van der Waals surface area (Å²) in [4.78, 5) is 25.9. The Morgan fingerprint density at radius 3 is 2.38 bits per heavy atom. The normalized spacial score (nSPS) is 12.9. The minimum atomic E-state index is -4.45. The van der Waals surface area contributed by atoms with Gasteiger partial charge in [-0.15, -0.1) is 0 Å². The summed E-state index contributed by atoms with van der Waals surface area (Å²) >= 11 is 0. The molecule has 0 saturated heterocycles. The van der Waals surface area contributed by atoms with Crippen LogP contribution in [-0.4, -0.2) is 10.9 Å². The molecule has 2 aromatic rings. The fourth-order valence-corrected chi connectivity index (χ4v) is 2.34. The van der Waals surface area contributed by atoms with E-state index in [0.29, 0.717) is 5.56 Å². The van der Waals surface area contributed by atoms with E-state index < -0.39 is 29.2 Å². The van der Waals surface area contributed by atoms with Gasteiger partial charge in [0.15, 0.2) is 0 Å². The average Bonchev–Trinajstić information content (AvgIpc) is 2.51. The van der Waals surface area contributed by atoms with Crippen molar-refractivity contribution in [1.29, 1.82) is 0 Å². The minimum absolute atomic E-state index is 0.0557. The summed E-state index contributed by atoms with van der Waals surface area (Å²) in [5, 5.41) is 2.68. The topological polar surface area (TPSA) is 62.0 Å². The molecule has 0 fully saturated rings. The number of hydrogen-bond acceptors (Lipinski definition) is 2. The highest BCUT2D eigenvalue weighted by atomic mass is 19.4. The molecule has 0 saturated carbocycles. The molecule has 0 spiro atoms. The van der Waals surface area contributed by atoms with E-state index in [1.165, 1.54) is 30.3 Å². The lowest BCUT2D eigenvalue weighted by Crippen LogP contribution is -2.33. The number of benzene rings is 1. The van der Waals surface area contributed by atoms with Gasteiger partial charge in [-0.2, -0.15) is 13.2 Å². The molecule has 1 heterocycles. The summed E-state index contributed by atoms with van der Waals surface area (Å²) in [7, 11) is 0.